The second kappa shape index (κ2) is 4.77. The predicted octanol–water partition coefficient (Wildman–Crippen LogP) is 5.25. The van der Waals surface area contributed by atoms with Crippen molar-refractivity contribution in [3.63, 3.8) is 0 Å². The highest BCUT2D eigenvalue weighted by Gasteiger charge is 2.24. The maximum Gasteiger partial charge on any atom is 0.277 e. The molecule has 0 fully saturated rings. The Balaban J connectivity index is 2.18. The van der Waals surface area contributed by atoms with E-state index in [1.807, 2.05) is 24.3 Å². The van der Waals surface area contributed by atoms with E-state index in [2.05, 4.69) is 0 Å². The molecule has 4 rings (SSSR count). The van der Waals surface area contributed by atoms with Gasteiger partial charge >= 0.3 is 0 Å². The van der Waals surface area contributed by atoms with E-state index >= 15 is 0 Å². The van der Waals surface area contributed by atoms with Crippen LogP contribution in [0.1, 0.15) is 30.1 Å². The van der Waals surface area contributed by atoms with Gasteiger partial charge in [-0.25, -0.2) is 4.39 Å². The highest BCUT2D eigenvalue weighted by molar-refractivity contribution is 6.12. The molecule has 1 aliphatic rings. The highest BCUT2D eigenvalue weighted by atomic mass is 19.1. The molecule has 1 atom stereocenters. The van der Waals surface area contributed by atoms with Gasteiger partial charge in [-0.05, 0) is 52.6 Å². The molecular weight excluding hydrogens is 281 g/mol. The fourth-order valence-corrected chi connectivity index (χ4v) is 3.57. The minimum atomic E-state index is -0.960. The maximum absolute atomic E-state index is 14.1. The van der Waals surface area contributed by atoms with Crippen LogP contribution in [-0.4, -0.2) is 4.92 Å². The van der Waals surface area contributed by atoms with Crippen LogP contribution in [0.4, 0.5) is 10.1 Å². The van der Waals surface area contributed by atoms with Crippen molar-refractivity contribution in [3.05, 3.63) is 63.7 Å². The number of halogens is 1. The summed E-state index contributed by atoms with van der Waals surface area (Å²) in [6.45, 7) is 0. The van der Waals surface area contributed by atoms with Crippen molar-refractivity contribution >= 4 is 27.2 Å². The molecule has 0 radical (unpaired) electrons. The number of nitro groups is 1. The van der Waals surface area contributed by atoms with Crippen LogP contribution in [0.2, 0.25) is 0 Å². The van der Waals surface area contributed by atoms with E-state index in [1.54, 1.807) is 18.2 Å². The summed E-state index contributed by atoms with van der Waals surface area (Å²) in [5, 5.41) is 14.7. The van der Waals surface area contributed by atoms with Crippen LogP contribution in [0.25, 0.3) is 21.5 Å². The molecule has 0 spiro atoms. The summed E-state index contributed by atoms with van der Waals surface area (Å²) in [5.41, 5.74) is 1.73. The smallest absolute Gasteiger partial charge is 0.258 e. The van der Waals surface area contributed by atoms with E-state index in [1.165, 1.54) is 0 Å². The van der Waals surface area contributed by atoms with Gasteiger partial charge in [0.25, 0.3) is 5.69 Å². The Morgan fingerprint density at radius 3 is 2.55 bits per heavy atom. The number of nitro benzene ring substituents is 1. The Morgan fingerprint density at radius 1 is 1.05 bits per heavy atom. The lowest BCUT2D eigenvalue weighted by molar-refractivity contribution is -0.382. The van der Waals surface area contributed by atoms with Crippen LogP contribution in [0.15, 0.2) is 42.5 Å². The summed E-state index contributed by atoms with van der Waals surface area (Å²) in [6, 6.07) is 12.7. The molecule has 0 heterocycles. The van der Waals surface area contributed by atoms with Gasteiger partial charge in [-0.15, -0.1) is 0 Å². The first kappa shape index (κ1) is 13.2. The Hall–Kier alpha value is -2.49. The normalized spacial score (nSPS) is 17.6. The topological polar surface area (TPSA) is 43.1 Å². The molecule has 0 N–H and O–H groups in total. The number of alkyl halides is 1. The standard InChI is InChI=1S/C18H14FNO2/c19-17-7-3-6-12-14(17)9-8-13-11-4-1-2-5-15(11)18(20(21)22)10-16(12)13/h1-2,4-5,8-10,17H,3,6-7H2. The average molecular weight is 295 g/mol. The van der Waals surface area contributed by atoms with Gasteiger partial charge in [-0.1, -0.05) is 30.3 Å². The van der Waals surface area contributed by atoms with Crippen molar-refractivity contribution in [2.24, 2.45) is 0 Å². The molecule has 3 nitrogen and oxygen atoms in total. The van der Waals surface area contributed by atoms with Gasteiger partial charge in [-0.3, -0.25) is 10.1 Å². The van der Waals surface area contributed by atoms with E-state index in [0.717, 1.165) is 34.6 Å². The molecule has 0 amide bonds. The number of fused-ring (bicyclic) bond motifs is 5. The van der Waals surface area contributed by atoms with E-state index in [-0.39, 0.29) is 10.6 Å². The lowest BCUT2D eigenvalue weighted by Crippen LogP contribution is -2.07. The largest absolute Gasteiger partial charge is 0.277 e. The number of nitrogens with zero attached hydrogens (tertiary/aromatic N) is 1. The zero-order valence-electron chi connectivity index (χ0n) is 11.9. The summed E-state index contributed by atoms with van der Waals surface area (Å²) < 4.78 is 14.1. The summed E-state index contributed by atoms with van der Waals surface area (Å²) in [5.74, 6) is 0. The van der Waals surface area contributed by atoms with Crippen molar-refractivity contribution in [3.8, 4) is 0 Å². The first-order valence-corrected chi connectivity index (χ1v) is 7.42. The minimum absolute atomic E-state index is 0.0949. The third-order valence-electron chi connectivity index (χ3n) is 4.59. The van der Waals surface area contributed by atoms with Crippen LogP contribution < -0.4 is 0 Å². The van der Waals surface area contributed by atoms with E-state index in [0.29, 0.717) is 17.4 Å². The quantitative estimate of drug-likeness (QED) is 0.349. The predicted molar refractivity (Wildman–Crippen MR) is 84.9 cm³/mol. The molecule has 1 unspecified atom stereocenters. The van der Waals surface area contributed by atoms with Gasteiger partial charge in [0.2, 0.25) is 0 Å². The number of rotatable bonds is 1. The van der Waals surface area contributed by atoms with Gasteiger partial charge < -0.3 is 0 Å². The molecule has 1 aliphatic carbocycles. The summed E-state index contributed by atoms with van der Waals surface area (Å²) in [7, 11) is 0. The highest BCUT2D eigenvalue weighted by Crippen LogP contribution is 2.41. The van der Waals surface area contributed by atoms with Gasteiger partial charge in [0, 0.05) is 6.07 Å². The molecule has 0 saturated heterocycles. The molecule has 22 heavy (non-hydrogen) atoms. The van der Waals surface area contributed by atoms with Crippen LogP contribution in [0.3, 0.4) is 0 Å². The van der Waals surface area contributed by atoms with Gasteiger partial charge in [0.1, 0.15) is 6.17 Å². The molecule has 0 aliphatic heterocycles. The monoisotopic (exact) mass is 295 g/mol. The molecule has 3 aromatic rings. The van der Waals surface area contributed by atoms with Crippen LogP contribution in [-0.2, 0) is 6.42 Å². The fraction of sp³-hybridized carbons (Fsp3) is 0.222. The van der Waals surface area contributed by atoms with Crippen molar-refractivity contribution < 1.29 is 9.31 Å². The number of non-ortho nitro benzene ring substituents is 1. The SMILES string of the molecule is O=[N+]([O-])c1cc2c3c(ccc2c2ccccc12)C(F)CCC3. The third kappa shape index (κ3) is 1.80. The molecule has 110 valence electrons. The van der Waals surface area contributed by atoms with Crippen molar-refractivity contribution in [1.82, 2.24) is 0 Å². The number of hydrogen-bond acceptors (Lipinski definition) is 2. The lowest BCUT2D eigenvalue weighted by Gasteiger charge is -2.21. The molecule has 4 heteroatoms. The molecular formula is C18H14FNO2. The Bertz CT molecular complexity index is 920. The lowest BCUT2D eigenvalue weighted by atomic mass is 9.85. The minimum Gasteiger partial charge on any atom is -0.258 e. The average Bonchev–Trinajstić information content (AvgIpc) is 2.54. The second-order valence-corrected chi connectivity index (χ2v) is 5.79. The summed E-state index contributed by atoms with van der Waals surface area (Å²) >= 11 is 0. The number of aryl methyl sites for hydroxylation is 1. The molecule has 3 aromatic carbocycles. The first-order valence-electron chi connectivity index (χ1n) is 7.42. The van der Waals surface area contributed by atoms with Crippen LogP contribution in [0.5, 0.6) is 0 Å². The Labute approximate surface area is 126 Å². The molecule has 0 bridgehead atoms. The number of benzene rings is 3. The fourth-order valence-electron chi connectivity index (χ4n) is 3.57. The van der Waals surface area contributed by atoms with Gasteiger partial charge in [-0.2, -0.15) is 0 Å². The van der Waals surface area contributed by atoms with Gasteiger partial charge in [0.15, 0.2) is 0 Å². The first-order chi connectivity index (χ1) is 10.7. The van der Waals surface area contributed by atoms with Crippen molar-refractivity contribution in [1.29, 1.82) is 0 Å². The van der Waals surface area contributed by atoms with Crippen molar-refractivity contribution in [2.75, 3.05) is 0 Å². The molecule has 0 aromatic heterocycles. The maximum atomic E-state index is 14.1. The molecule has 0 saturated carbocycles. The summed E-state index contributed by atoms with van der Waals surface area (Å²) in [4.78, 5) is 11.1. The zero-order chi connectivity index (χ0) is 15.3. The van der Waals surface area contributed by atoms with E-state index in [4.69, 9.17) is 0 Å². The Morgan fingerprint density at radius 2 is 1.77 bits per heavy atom. The third-order valence-corrected chi connectivity index (χ3v) is 4.59. The van der Waals surface area contributed by atoms with E-state index < -0.39 is 6.17 Å². The zero-order valence-corrected chi connectivity index (χ0v) is 11.9. The van der Waals surface area contributed by atoms with Gasteiger partial charge in [0.05, 0.1) is 10.3 Å². The number of hydrogen-bond donors (Lipinski definition) is 0. The Kier molecular flexibility index (Phi) is 2.86. The van der Waals surface area contributed by atoms with Crippen molar-refractivity contribution in [2.45, 2.75) is 25.4 Å². The second-order valence-electron chi connectivity index (χ2n) is 5.79. The van der Waals surface area contributed by atoms with E-state index in [9.17, 15) is 14.5 Å². The van der Waals surface area contributed by atoms with Crippen LogP contribution >= 0.6 is 0 Å². The van der Waals surface area contributed by atoms with Crippen LogP contribution in [0, 0.1) is 10.1 Å². The summed E-state index contributed by atoms with van der Waals surface area (Å²) in [6.07, 6.45) is 1.14.